The second kappa shape index (κ2) is 6.20. The van der Waals surface area contributed by atoms with E-state index < -0.39 is 14.8 Å². The maximum atomic E-state index is 13.6. The maximum absolute atomic E-state index is 13.6. The third kappa shape index (κ3) is 3.05. The molecule has 5 heteroatoms. The Morgan fingerprint density at radius 3 is 2.75 bits per heavy atom. The topological polar surface area (TPSA) is 37.4 Å². The molecular weight excluding hydrogens is 325 g/mol. The standard InChI is InChI=1S/C19H22FNO2S/c1-15-11-17(16-7-6-8-18(20)12-16)14-19(2,13-15)24(22,23)21-9-4-3-5-10-21/h4,6-9,11-12,14H,3,5,10,13H2,1-2H3. The number of rotatable bonds is 3. The van der Waals surface area contributed by atoms with Gasteiger partial charge in [0.05, 0.1) is 0 Å². The first-order chi connectivity index (χ1) is 11.3. The number of benzene rings is 1. The Bertz CT molecular complexity index is 839. The summed E-state index contributed by atoms with van der Waals surface area (Å²) in [6.45, 7) is 4.19. The maximum Gasteiger partial charge on any atom is 0.244 e. The van der Waals surface area contributed by atoms with Crippen LogP contribution in [-0.2, 0) is 10.0 Å². The Morgan fingerprint density at radius 1 is 1.29 bits per heavy atom. The molecule has 24 heavy (non-hydrogen) atoms. The van der Waals surface area contributed by atoms with Crippen LogP contribution in [0.4, 0.5) is 4.39 Å². The minimum Gasteiger partial charge on any atom is -0.277 e. The summed E-state index contributed by atoms with van der Waals surface area (Å²) in [5.41, 5.74) is 2.43. The summed E-state index contributed by atoms with van der Waals surface area (Å²) >= 11 is 0. The van der Waals surface area contributed by atoms with Crippen LogP contribution in [0.25, 0.3) is 5.57 Å². The zero-order valence-electron chi connectivity index (χ0n) is 14.0. The van der Waals surface area contributed by atoms with Crippen molar-refractivity contribution >= 4 is 15.6 Å². The van der Waals surface area contributed by atoms with Crippen LogP contribution in [0, 0.1) is 5.82 Å². The second-order valence-corrected chi connectivity index (χ2v) is 9.08. The Morgan fingerprint density at radius 2 is 2.08 bits per heavy atom. The normalized spacial score (nSPS) is 24.5. The highest BCUT2D eigenvalue weighted by Crippen LogP contribution is 2.38. The van der Waals surface area contributed by atoms with Crippen molar-refractivity contribution in [3.05, 3.63) is 65.6 Å². The van der Waals surface area contributed by atoms with E-state index in [-0.39, 0.29) is 5.82 Å². The molecule has 1 unspecified atom stereocenters. The van der Waals surface area contributed by atoms with Gasteiger partial charge in [0.1, 0.15) is 10.6 Å². The van der Waals surface area contributed by atoms with Crippen LogP contribution in [0.5, 0.6) is 0 Å². The van der Waals surface area contributed by atoms with E-state index in [0.29, 0.717) is 18.5 Å². The molecular formula is C19H22FNO2S. The summed E-state index contributed by atoms with van der Waals surface area (Å²) in [6.07, 6.45) is 9.47. The summed E-state index contributed by atoms with van der Waals surface area (Å²) in [5, 5.41) is 0. The van der Waals surface area contributed by atoms with Crippen LogP contribution >= 0.6 is 0 Å². The molecule has 1 aromatic carbocycles. The smallest absolute Gasteiger partial charge is 0.244 e. The molecule has 0 saturated carbocycles. The molecule has 1 heterocycles. The zero-order valence-corrected chi connectivity index (χ0v) is 14.8. The number of halogens is 1. The lowest BCUT2D eigenvalue weighted by Crippen LogP contribution is -2.45. The largest absolute Gasteiger partial charge is 0.277 e. The third-order valence-electron chi connectivity index (χ3n) is 4.57. The van der Waals surface area contributed by atoms with Crippen LogP contribution in [0.3, 0.4) is 0 Å². The fraction of sp³-hybridized carbons (Fsp3) is 0.368. The number of hydrogen-bond acceptors (Lipinski definition) is 2. The molecule has 1 aliphatic carbocycles. The number of hydrogen-bond donors (Lipinski definition) is 0. The van der Waals surface area contributed by atoms with E-state index in [4.69, 9.17) is 0 Å². The van der Waals surface area contributed by atoms with E-state index in [1.165, 1.54) is 16.4 Å². The summed E-state index contributed by atoms with van der Waals surface area (Å²) in [6, 6.07) is 6.27. The first-order valence-electron chi connectivity index (χ1n) is 8.16. The van der Waals surface area contributed by atoms with Gasteiger partial charge in [0, 0.05) is 12.7 Å². The van der Waals surface area contributed by atoms with E-state index >= 15 is 0 Å². The molecule has 0 radical (unpaired) electrons. The third-order valence-corrected chi connectivity index (χ3v) is 6.93. The minimum absolute atomic E-state index is 0.325. The highest BCUT2D eigenvalue weighted by atomic mass is 32.2. The van der Waals surface area contributed by atoms with Gasteiger partial charge in [-0.2, -0.15) is 0 Å². The average molecular weight is 347 g/mol. The van der Waals surface area contributed by atoms with E-state index in [2.05, 4.69) is 0 Å². The van der Waals surface area contributed by atoms with Gasteiger partial charge in [-0.1, -0.05) is 35.9 Å². The van der Waals surface area contributed by atoms with Crippen LogP contribution in [0.2, 0.25) is 0 Å². The lowest BCUT2D eigenvalue weighted by Gasteiger charge is -2.36. The van der Waals surface area contributed by atoms with Crippen LogP contribution in [0.1, 0.15) is 38.7 Å². The van der Waals surface area contributed by atoms with Gasteiger partial charge in [0.15, 0.2) is 0 Å². The monoisotopic (exact) mass is 347 g/mol. The minimum atomic E-state index is -3.53. The first-order valence-corrected chi connectivity index (χ1v) is 9.60. The molecule has 0 aromatic heterocycles. The number of nitrogens with zero attached hydrogens (tertiary/aromatic N) is 1. The van der Waals surface area contributed by atoms with E-state index in [1.54, 1.807) is 31.3 Å². The second-order valence-electron chi connectivity index (χ2n) is 6.73. The molecule has 0 saturated heterocycles. The van der Waals surface area contributed by atoms with Gasteiger partial charge in [-0.15, -0.1) is 0 Å². The van der Waals surface area contributed by atoms with Crippen LogP contribution in [0.15, 0.2) is 54.3 Å². The van der Waals surface area contributed by atoms with Gasteiger partial charge in [-0.25, -0.2) is 12.8 Å². The lowest BCUT2D eigenvalue weighted by atomic mass is 9.88. The van der Waals surface area contributed by atoms with Crippen molar-refractivity contribution in [2.45, 2.75) is 37.9 Å². The highest BCUT2D eigenvalue weighted by Gasteiger charge is 2.42. The van der Waals surface area contributed by atoms with Crippen molar-refractivity contribution < 1.29 is 12.8 Å². The predicted octanol–water partition coefficient (Wildman–Crippen LogP) is 4.26. The molecule has 2 aliphatic rings. The zero-order chi connectivity index (χ0) is 17.4. The number of allylic oxidation sites excluding steroid dienone is 4. The molecule has 1 aromatic rings. The SMILES string of the molecule is CC1=CC(c2cccc(F)c2)=CC(C)(S(=O)(=O)N2C=CCCC2)C1. The summed E-state index contributed by atoms with van der Waals surface area (Å²) in [4.78, 5) is 0. The van der Waals surface area contributed by atoms with Crippen LogP contribution < -0.4 is 0 Å². The van der Waals surface area contributed by atoms with Crippen molar-refractivity contribution in [1.82, 2.24) is 4.31 Å². The predicted molar refractivity (Wildman–Crippen MR) is 95.2 cm³/mol. The Labute approximate surface area is 143 Å². The fourth-order valence-electron chi connectivity index (χ4n) is 3.39. The van der Waals surface area contributed by atoms with Gasteiger partial charge >= 0.3 is 0 Å². The molecule has 0 bridgehead atoms. The quantitative estimate of drug-likeness (QED) is 0.819. The van der Waals surface area contributed by atoms with E-state index in [9.17, 15) is 12.8 Å². The summed E-state index contributed by atoms with van der Waals surface area (Å²) < 4.78 is 40.3. The molecule has 0 spiro atoms. The van der Waals surface area contributed by atoms with Crippen LogP contribution in [-0.4, -0.2) is 24.0 Å². The molecule has 1 aliphatic heterocycles. The molecule has 0 N–H and O–H groups in total. The van der Waals surface area contributed by atoms with E-state index in [1.807, 2.05) is 19.1 Å². The molecule has 1 atom stereocenters. The average Bonchev–Trinajstić information content (AvgIpc) is 2.55. The van der Waals surface area contributed by atoms with Crippen molar-refractivity contribution in [3.63, 3.8) is 0 Å². The van der Waals surface area contributed by atoms with Crippen molar-refractivity contribution in [3.8, 4) is 0 Å². The Hall–Kier alpha value is -1.88. The van der Waals surface area contributed by atoms with Gasteiger partial charge < -0.3 is 0 Å². The van der Waals surface area contributed by atoms with Gasteiger partial charge in [0.25, 0.3) is 0 Å². The van der Waals surface area contributed by atoms with Crippen molar-refractivity contribution in [2.75, 3.05) is 6.54 Å². The Balaban J connectivity index is 2.05. The number of sulfonamides is 1. The molecule has 3 rings (SSSR count). The Kier molecular flexibility index (Phi) is 4.38. The lowest BCUT2D eigenvalue weighted by molar-refractivity contribution is 0.453. The van der Waals surface area contributed by atoms with Crippen molar-refractivity contribution in [1.29, 1.82) is 0 Å². The highest BCUT2D eigenvalue weighted by molar-refractivity contribution is 7.90. The molecule has 128 valence electrons. The van der Waals surface area contributed by atoms with Gasteiger partial charge in [-0.05, 0) is 56.4 Å². The first kappa shape index (κ1) is 17.0. The fourth-order valence-corrected chi connectivity index (χ4v) is 5.23. The molecule has 0 amide bonds. The molecule has 0 fully saturated rings. The summed E-state index contributed by atoms with van der Waals surface area (Å²) in [5.74, 6) is -0.325. The van der Waals surface area contributed by atoms with Crippen molar-refractivity contribution in [2.24, 2.45) is 0 Å². The van der Waals surface area contributed by atoms with Gasteiger partial charge in [-0.3, -0.25) is 4.31 Å². The summed E-state index contributed by atoms with van der Waals surface area (Å²) in [7, 11) is -3.53. The molecule has 3 nitrogen and oxygen atoms in total. The van der Waals surface area contributed by atoms with E-state index in [0.717, 1.165) is 24.0 Å². The van der Waals surface area contributed by atoms with Gasteiger partial charge in [0.2, 0.25) is 10.0 Å².